The van der Waals surface area contributed by atoms with Crippen LogP contribution in [-0.2, 0) is 6.42 Å². The molecule has 0 heterocycles. The molecular weight excluding hydrogens is 254 g/mol. The molecule has 1 atom stereocenters. The van der Waals surface area contributed by atoms with Crippen LogP contribution < -0.4 is 10.5 Å². The lowest BCUT2D eigenvalue weighted by Crippen LogP contribution is -2.27. The van der Waals surface area contributed by atoms with E-state index >= 15 is 0 Å². The number of thioether (sulfide) groups is 1. The molecule has 2 N–H and O–H groups in total. The summed E-state index contributed by atoms with van der Waals surface area (Å²) in [4.78, 5) is 0. The number of methoxy groups -OCH3 is 1. The Kier molecular flexibility index (Phi) is 6.05. The van der Waals surface area contributed by atoms with E-state index < -0.39 is 0 Å². The van der Waals surface area contributed by atoms with Crippen molar-refractivity contribution in [1.29, 1.82) is 0 Å². The van der Waals surface area contributed by atoms with Crippen molar-refractivity contribution in [3.63, 3.8) is 0 Å². The molecule has 1 saturated carbocycles. The van der Waals surface area contributed by atoms with Gasteiger partial charge in [-0.25, -0.2) is 0 Å². The van der Waals surface area contributed by atoms with Crippen molar-refractivity contribution in [2.24, 2.45) is 5.73 Å². The van der Waals surface area contributed by atoms with Crippen LogP contribution in [0.2, 0.25) is 0 Å². The molecule has 2 rings (SSSR count). The highest BCUT2D eigenvalue weighted by molar-refractivity contribution is 7.99. The molecule has 0 spiro atoms. The quantitative estimate of drug-likeness (QED) is 0.863. The van der Waals surface area contributed by atoms with Gasteiger partial charge in [0.15, 0.2) is 0 Å². The van der Waals surface area contributed by atoms with Gasteiger partial charge >= 0.3 is 0 Å². The summed E-state index contributed by atoms with van der Waals surface area (Å²) >= 11 is 2.07. The Morgan fingerprint density at radius 2 is 2.00 bits per heavy atom. The minimum absolute atomic E-state index is 0.225. The van der Waals surface area contributed by atoms with Crippen molar-refractivity contribution in [1.82, 2.24) is 0 Å². The molecular formula is C16H25NOS. The number of nitrogens with two attached hydrogens (primary N) is 1. The Morgan fingerprint density at radius 1 is 1.26 bits per heavy atom. The van der Waals surface area contributed by atoms with E-state index in [1.807, 2.05) is 12.1 Å². The van der Waals surface area contributed by atoms with Gasteiger partial charge in [-0.3, -0.25) is 0 Å². The summed E-state index contributed by atoms with van der Waals surface area (Å²) in [6, 6.07) is 8.41. The van der Waals surface area contributed by atoms with Gasteiger partial charge in [0.05, 0.1) is 7.11 Å². The second-order valence-corrected chi connectivity index (χ2v) is 6.70. The Balaban J connectivity index is 1.78. The molecule has 1 aliphatic carbocycles. The van der Waals surface area contributed by atoms with E-state index in [0.29, 0.717) is 0 Å². The van der Waals surface area contributed by atoms with E-state index in [0.717, 1.165) is 23.2 Å². The fourth-order valence-electron chi connectivity index (χ4n) is 2.70. The van der Waals surface area contributed by atoms with Crippen molar-refractivity contribution in [3.8, 4) is 5.75 Å². The van der Waals surface area contributed by atoms with Crippen LogP contribution in [0.25, 0.3) is 0 Å². The minimum Gasteiger partial charge on any atom is -0.496 e. The Morgan fingerprint density at radius 3 is 2.74 bits per heavy atom. The number of hydrogen-bond donors (Lipinski definition) is 1. The van der Waals surface area contributed by atoms with E-state index in [2.05, 4.69) is 23.9 Å². The van der Waals surface area contributed by atoms with Crippen LogP contribution in [0.4, 0.5) is 0 Å². The van der Waals surface area contributed by atoms with Gasteiger partial charge in [-0.05, 0) is 30.9 Å². The molecule has 1 aromatic carbocycles. The first-order valence-corrected chi connectivity index (χ1v) is 8.33. The fourth-order valence-corrected chi connectivity index (χ4v) is 4.01. The van der Waals surface area contributed by atoms with Crippen LogP contribution in [-0.4, -0.2) is 24.2 Å². The highest BCUT2D eigenvalue weighted by atomic mass is 32.2. The van der Waals surface area contributed by atoms with Gasteiger partial charge in [-0.2, -0.15) is 11.8 Å². The zero-order valence-electron chi connectivity index (χ0n) is 11.8. The molecule has 2 nitrogen and oxygen atoms in total. The number of rotatable bonds is 6. The van der Waals surface area contributed by atoms with Gasteiger partial charge in [-0.15, -0.1) is 0 Å². The molecule has 1 unspecified atom stereocenters. The molecule has 0 amide bonds. The minimum atomic E-state index is 0.225. The van der Waals surface area contributed by atoms with E-state index in [4.69, 9.17) is 10.5 Å². The smallest absolute Gasteiger partial charge is 0.122 e. The highest BCUT2D eigenvalue weighted by Crippen LogP contribution is 2.29. The van der Waals surface area contributed by atoms with E-state index in [1.54, 1.807) is 7.11 Å². The monoisotopic (exact) mass is 279 g/mol. The molecule has 3 heteroatoms. The first-order valence-electron chi connectivity index (χ1n) is 7.28. The fraction of sp³-hybridized carbons (Fsp3) is 0.625. The van der Waals surface area contributed by atoms with Gasteiger partial charge < -0.3 is 10.5 Å². The maximum atomic E-state index is 6.27. The average molecular weight is 279 g/mol. The van der Waals surface area contributed by atoms with Crippen molar-refractivity contribution in [3.05, 3.63) is 29.8 Å². The molecule has 106 valence electrons. The van der Waals surface area contributed by atoms with Gasteiger partial charge in [0, 0.05) is 17.0 Å². The summed E-state index contributed by atoms with van der Waals surface area (Å²) in [6.07, 6.45) is 7.89. The summed E-state index contributed by atoms with van der Waals surface area (Å²) in [5.74, 6) is 2.02. The van der Waals surface area contributed by atoms with Crippen LogP contribution in [0.15, 0.2) is 24.3 Å². The van der Waals surface area contributed by atoms with Crippen molar-refractivity contribution in [2.45, 2.75) is 49.8 Å². The molecule has 0 saturated heterocycles. The lowest BCUT2D eigenvalue weighted by atomic mass is 10.0. The van der Waals surface area contributed by atoms with Crippen LogP contribution in [0.5, 0.6) is 5.75 Å². The SMILES string of the molecule is COc1ccccc1CC(N)CSC1CCCCC1. The maximum Gasteiger partial charge on any atom is 0.122 e. The molecule has 0 radical (unpaired) electrons. The first kappa shape index (κ1) is 14.7. The summed E-state index contributed by atoms with van der Waals surface area (Å²) < 4.78 is 5.38. The predicted molar refractivity (Wildman–Crippen MR) is 84.0 cm³/mol. The Labute approximate surface area is 121 Å². The molecule has 19 heavy (non-hydrogen) atoms. The predicted octanol–water partition coefficient (Wildman–Crippen LogP) is 3.63. The lowest BCUT2D eigenvalue weighted by Gasteiger charge is -2.22. The molecule has 1 aromatic rings. The summed E-state index contributed by atoms with van der Waals surface area (Å²) in [7, 11) is 1.72. The molecule has 0 aliphatic heterocycles. The van der Waals surface area contributed by atoms with E-state index in [-0.39, 0.29) is 6.04 Å². The van der Waals surface area contributed by atoms with Gasteiger partial charge in [-0.1, -0.05) is 37.5 Å². The van der Waals surface area contributed by atoms with Crippen LogP contribution >= 0.6 is 11.8 Å². The highest BCUT2D eigenvalue weighted by Gasteiger charge is 2.16. The molecule has 0 aromatic heterocycles. The van der Waals surface area contributed by atoms with Crippen LogP contribution in [0, 0.1) is 0 Å². The summed E-state index contributed by atoms with van der Waals surface area (Å²) in [5, 5.41) is 0.845. The zero-order chi connectivity index (χ0) is 13.5. The van der Waals surface area contributed by atoms with Crippen molar-refractivity contribution < 1.29 is 4.74 Å². The maximum absolute atomic E-state index is 6.27. The third-order valence-corrected chi connectivity index (χ3v) is 5.34. The van der Waals surface area contributed by atoms with Gasteiger partial charge in [0.1, 0.15) is 5.75 Å². The third-order valence-electron chi connectivity index (χ3n) is 3.77. The Hall–Kier alpha value is -0.670. The summed E-state index contributed by atoms with van der Waals surface area (Å²) in [6.45, 7) is 0. The summed E-state index contributed by atoms with van der Waals surface area (Å²) in [5.41, 5.74) is 7.49. The van der Waals surface area contributed by atoms with Crippen LogP contribution in [0.3, 0.4) is 0 Å². The van der Waals surface area contributed by atoms with E-state index in [1.165, 1.54) is 37.7 Å². The van der Waals surface area contributed by atoms with Gasteiger partial charge in [0.25, 0.3) is 0 Å². The van der Waals surface area contributed by atoms with Gasteiger partial charge in [0.2, 0.25) is 0 Å². The van der Waals surface area contributed by atoms with E-state index in [9.17, 15) is 0 Å². The largest absolute Gasteiger partial charge is 0.496 e. The first-order chi connectivity index (χ1) is 9.29. The normalized spacial score (nSPS) is 18.2. The van der Waals surface area contributed by atoms with Crippen molar-refractivity contribution in [2.75, 3.05) is 12.9 Å². The topological polar surface area (TPSA) is 35.2 Å². The average Bonchev–Trinajstić information content (AvgIpc) is 2.47. The molecule has 1 fully saturated rings. The molecule has 0 bridgehead atoms. The van der Waals surface area contributed by atoms with Crippen LogP contribution in [0.1, 0.15) is 37.7 Å². The lowest BCUT2D eigenvalue weighted by molar-refractivity contribution is 0.408. The Bertz CT molecular complexity index is 377. The van der Waals surface area contributed by atoms with Crippen molar-refractivity contribution >= 4 is 11.8 Å². The zero-order valence-corrected chi connectivity index (χ0v) is 12.6. The second kappa shape index (κ2) is 7.81. The number of para-hydroxylation sites is 1. The number of hydrogen-bond acceptors (Lipinski definition) is 3. The second-order valence-electron chi connectivity index (χ2n) is 5.37. The number of ether oxygens (including phenoxy) is 1. The third kappa shape index (κ3) is 4.73. The number of benzene rings is 1. The molecule has 1 aliphatic rings. The standard InChI is InChI=1S/C16H25NOS/c1-18-16-10-6-5-7-13(16)11-14(17)12-19-15-8-3-2-4-9-15/h5-7,10,14-15H,2-4,8-9,11-12,17H2,1H3.